The quantitative estimate of drug-likeness (QED) is 0.0928. The van der Waals surface area contributed by atoms with Gasteiger partial charge in [0.15, 0.2) is 6.29 Å². The monoisotopic (exact) mass is 747 g/mol. The number of hydrogen-bond acceptors (Lipinski definition) is 9. The van der Waals surface area contributed by atoms with Gasteiger partial charge in [0.2, 0.25) is 17.7 Å². The van der Waals surface area contributed by atoms with Gasteiger partial charge in [-0.25, -0.2) is 5.48 Å². The maximum Gasteiger partial charge on any atom is 0.247 e. The van der Waals surface area contributed by atoms with Crippen molar-refractivity contribution in [3.8, 4) is 11.1 Å². The topological polar surface area (TPSA) is 153 Å². The van der Waals surface area contributed by atoms with E-state index in [-0.39, 0.29) is 43.5 Å². The van der Waals surface area contributed by atoms with Crippen molar-refractivity contribution in [2.24, 2.45) is 0 Å². The number of ether oxygens (including phenoxy) is 2. The number of anilines is 1. The number of hydroxylamine groups is 1. The maximum absolute atomic E-state index is 13.3. The minimum atomic E-state index is -0.592. The number of aliphatic hydroxyl groups excluding tert-OH is 1. The second kappa shape index (κ2) is 17.6. The number of carbonyl (C=O) groups excluding carboxylic acids is 3. The summed E-state index contributed by atoms with van der Waals surface area (Å²) in [5.41, 5.74) is 7.84. The van der Waals surface area contributed by atoms with E-state index in [1.165, 1.54) is 0 Å². The van der Waals surface area contributed by atoms with Crippen LogP contribution in [0.15, 0.2) is 103 Å². The fourth-order valence-electron chi connectivity index (χ4n) is 7.91. The van der Waals surface area contributed by atoms with Crippen molar-refractivity contribution in [1.82, 2.24) is 21.0 Å². The molecule has 288 valence electrons. The molecule has 4 aromatic carbocycles. The van der Waals surface area contributed by atoms with E-state index in [9.17, 15) is 19.5 Å². The standard InChI is InChI=1S/C43H49N5O7/c49-28-30-12-14-33(15-13-30)38-25-37(27-47-22-20-43(21-23-47)42(52)45-29-48(43)36-8-2-1-3-9-36)54-41(55-38)34-18-16-32(17-19-34)35-7-4-6-31(24-35)26-44-39(50)10-5-11-40(51)46-53/h1-4,6-9,12-19,24,37-38,41,49,53H,5,10-11,20-23,25-29H2,(H,44,50)(H,45,52)(H,46,51)/t37-,38+,41+/m0/s1. The Morgan fingerprint density at radius 3 is 2.27 bits per heavy atom. The number of carbonyl (C=O) groups is 3. The van der Waals surface area contributed by atoms with Gasteiger partial charge in [0.05, 0.1) is 25.5 Å². The number of nitrogens with zero attached hydrogens (tertiary/aromatic N) is 2. The number of rotatable bonds is 13. The predicted molar refractivity (Wildman–Crippen MR) is 206 cm³/mol. The lowest BCUT2D eigenvalue weighted by atomic mass is 9.85. The second-order valence-electron chi connectivity index (χ2n) is 14.6. The molecule has 0 radical (unpaired) electrons. The molecule has 0 saturated carbocycles. The van der Waals surface area contributed by atoms with Gasteiger partial charge in [0.1, 0.15) is 5.54 Å². The molecular formula is C43H49N5O7. The number of hydrogen-bond donors (Lipinski definition) is 5. The van der Waals surface area contributed by atoms with E-state index in [0.29, 0.717) is 32.6 Å². The molecule has 3 aliphatic heterocycles. The number of piperidine rings is 1. The average molecular weight is 748 g/mol. The van der Waals surface area contributed by atoms with Gasteiger partial charge in [-0.15, -0.1) is 0 Å². The molecular weight excluding hydrogens is 699 g/mol. The highest BCUT2D eigenvalue weighted by molar-refractivity contribution is 5.93. The molecule has 3 saturated heterocycles. The zero-order chi connectivity index (χ0) is 38.2. The minimum absolute atomic E-state index is 0.0202. The Kier molecular flexibility index (Phi) is 12.2. The van der Waals surface area contributed by atoms with Crippen LogP contribution in [0, 0.1) is 0 Å². The summed E-state index contributed by atoms with van der Waals surface area (Å²) < 4.78 is 13.3. The summed E-state index contributed by atoms with van der Waals surface area (Å²) in [5, 5.41) is 24.3. The first kappa shape index (κ1) is 38.2. The highest BCUT2D eigenvalue weighted by atomic mass is 16.7. The average Bonchev–Trinajstić information content (AvgIpc) is 3.55. The van der Waals surface area contributed by atoms with E-state index in [1.54, 1.807) is 5.48 Å². The lowest BCUT2D eigenvalue weighted by Gasteiger charge is -2.45. The first-order chi connectivity index (χ1) is 26.8. The Bertz CT molecular complexity index is 1920. The fraction of sp³-hybridized carbons (Fsp3) is 0.372. The summed E-state index contributed by atoms with van der Waals surface area (Å²) in [6.07, 6.45) is 1.85. The van der Waals surface area contributed by atoms with Gasteiger partial charge in [-0.3, -0.25) is 19.6 Å². The molecule has 0 aliphatic carbocycles. The first-order valence-corrected chi connectivity index (χ1v) is 19.1. The third-order valence-electron chi connectivity index (χ3n) is 11.0. The van der Waals surface area contributed by atoms with E-state index >= 15 is 0 Å². The molecule has 3 amide bonds. The molecule has 3 aliphatic rings. The molecule has 4 aromatic rings. The van der Waals surface area contributed by atoms with Crippen LogP contribution in [0.5, 0.6) is 0 Å². The van der Waals surface area contributed by atoms with Crippen LogP contribution in [-0.4, -0.2) is 70.9 Å². The zero-order valence-electron chi connectivity index (χ0n) is 30.9. The van der Waals surface area contributed by atoms with Crippen molar-refractivity contribution in [1.29, 1.82) is 0 Å². The maximum atomic E-state index is 13.3. The normalized spacial score (nSPS) is 20.9. The number of amides is 3. The van der Waals surface area contributed by atoms with Gasteiger partial charge in [-0.2, -0.15) is 0 Å². The summed E-state index contributed by atoms with van der Waals surface area (Å²) in [4.78, 5) is 41.4. The van der Waals surface area contributed by atoms with Gasteiger partial charge < -0.3 is 35.0 Å². The third-order valence-corrected chi connectivity index (χ3v) is 11.0. The highest BCUT2D eigenvalue weighted by Crippen LogP contribution is 2.40. The molecule has 5 N–H and O–H groups in total. The van der Waals surface area contributed by atoms with Crippen molar-refractivity contribution in [3.05, 3.63) is 125 Å². The third kappa shape index (κ3) is 9.07. The van der Waals surface area contributed by atoms with Crippen LogP contribution in [0.4, 0.5) is 5.69 Å². The van der Waals surface area contributed by atoms with E-state index in [2.05, 4.69) is 44.7 Å². The SMILES string of the molecule is O=C(CCCC(=O)NCc1cccc(-c2ccc([C@@H]3O[C@H](CN4CCC5(CC4)C(=O)NCN5c4ccccc4)C[C@H](c4ccc(CO)cc4)O3)cc2)c1)NO. The van der Waals surface area contributed by atoms with Crippen LogP contribution in [0.3, 0.4) is 0 Å². The highest BCUT2D eigenvalue weighted by Gasteiger charge is 2.50. The number of aliphatic hydroxyl groups is 1. The number of nitrogens with one attached hydrogen (secondary N) is 3. The van der Waals surface area contributed by atoms with Gasteiger partial charge in [-0.1, -0.05) is 84.9 Å². The molecule has 12 nitrogen and oxygen atoms in total. The molecule has 7 rings (SSSR count). The molecule has 1 spiro atoms. The summed E-state index contributed by atoms with van der Waals surface area (Å²) in [6.45, 7) is 3.13. The molecule has 3 heterocycles. The molecule has 0 unspecified atom stereocenters. The van der Waals surface area contributed by atoms with Crippen molar-refractivity contribution < 1.29 is 34.2 Å². The number of para-hydroxylation sites is 1. The zero-order valence-corrected chi connectivity index (χ0v) is 30.9. The van der Waals surface area contributed by atoms with E-state index in [1.807, 2.05) is 78.9 Å². The first-order valence-electron chi connectivity index (χ1n) is 19.1. The lowest BCUT2D eigenvalue weighted by Crippen LogP contribution is -2.57. The van der Waals surface area contributed by atoms with Crippen molar-refractivity contribution >= 4 is 23.4 Å². The Balaban J connectivity index is 1.01. The molecule has 55 heavy (non-hydrogen) atoms. The van der Waals surface area contributed by atoms with E-state index in [4.69, 9.17) is 14.7 Å². The summed E-state index contributed by atoms with van der Waals surface area (Å²) in [5.74, 6) is -0.565. The Morgan fingerprint density at radius 2 is 1.55 bits per heavy atom. The van der Waals surface area contributed by atoms with Crippen LogP contribution in [-0.2, 0) is 37.0 Å². The van der Waals surface area contributed by atoms with Crippen LogP contribution >= 0.6 is 0 Å². The summed E-state index contributed by atoms with van der Waals surface area (Å²) in [6, 6.07) is 34.2. The fourth-order valence-corrected chi connectivity index (χ4v) is 7.91. The van der Waals surface area contributed by atoms with Gasteiger partial charge in [0, 0.05) is 56.7 Å². The van der Waals surface area contributed by atoms with Crippen LogP contribution in [0.1, 0.15) is 73.2 Å². The molecule has 0 bridgehead atoms. The number of likely N-dealkylation sites (tertiary alicyclic amines) is 1. The van der Waals surface area contributed by atoms with Gasteiger partial charge in [-0.05, 0) is 65.3 Å². The van der Waals surface area contributed by atoms with Crippen molar-refractivity contribution in [2.75, 3.05) is 31.2 Å². The Morgan fingerprint density at radius 1 is 0.818 bits per heavy atom. The summed E-state index contributed by atoms with van der Waals surface area (Å²) in [7, 11) is 0. The molecule has 12 heteroatoms. The van der Waals surface area contributed by atoms with Crippen molar-refractivity contribution in [2.45, 2.75) is 75.7 Å². The number of benzene rings is 4. The van der Waals surface area contributed by atoms with Crippen LogP contribution < -0.4 is 21.0 Å². The second-order valence-corrected chi connectivity index (χ2v) is 14.6. The van der Waals surface area contributed by atoms with E-state index < -0.39 is 17.7 Å². The lowest BCUT2D eigenvalue weighted by molar-refractivity contribution is -0.253. The van der Waals surface area contributed by atoms with Crippen molar-refractivity contribution in [3.63, 3.8) is 0 Å². The predicted octanol–water partition coefficient (Wildman–Crippen LogP) is 5.11. The Hall–Kier alpha value is -5.11. The van der Waals surface area contributed by atoms with E-state index in [0.717, 1.165) is 65.0 Å². The summed E-state index contributed by atoms with van der Waals surface area (Å²) >= 11 is 0. The molecule has 0 aromatic heterocycles. The Labute approximate surface area is 321 Å². The molecule has 3 fully saturated rings. The minimum Gasteiger partial charge on any atom is -0.392 e. The molecule has 3 atom stereocenters. The van der Waals surface area contributed by atoms with Crippen LogP contribution in [0.2, 0.25) is 0 Å². The van der Waals surface area contributed by atoms with Gasteiger partial charge >= 0.3 is 0 Å². The largest absolute Gasteiger partial charge is 0.392 e. The van der Waals surface area contributed by atoms with Crippen LogP contribution in [0.25, 0.3) is 11.1 Å². The smallest absolute Gasteiger partial charge is 0.247 e. The van der Waals surface area contributed by atoms with Gasteiger partial charge in [0.25, 0.3) is 0 Å².